The number of tetrazole rings is 1. The molecule has 0 atom stereocenters. The van der Waals surface area contributed by atoms with Crippen molar-refractivity contribution >= 4 is 17.3 Å². The van der Waals surface area contributed by atoms with Crippen LogP contribution in [-0.4, -0.2) is 32.6 Å². The molecule has 9 heteroatoms. The number of benzene rings is 3. The van der Waals surface area contributed by atoms with Crippen molar-refractivity contribution < 1.29 is 9.57 Å². The molecule has 0 radical (unpaired) electrons. The fraction of sp³-hybridized carbons (Fsp3) is 0.200. The first-order valence-corrected chi connectivity index (χ1v) is 11.0. The van der Waals surface area contributed by atoms with Gasteiger partial charge in [-0.3, -0.25) is 0 Å². The molecule has 174 valence electrons. The Morgan fingerprint density at radius 1 is 1.00 bits per heavy atom. The molecule has 3 aromatic carbocycles. The number of aromatic nitrogens is 4. The van der Waals surface area contributed by atoms with E-state index in [1.165, 1.54) is 16.5 Å². The lowest BCUT2D eigenvalue weighted by molar-refractivity contribution is 0.214. The molecule has 0 amide bonds. The van der Waals surface area contributed by atoms with Crippen LogP contribution in [0.25, 0.3) is 5.69 Å². The van der Waals surface area contributed by atoms with Gasteiger partial charge >= 0.3 is 5.69 Å². The molecule has 4 rings (SSSR count). The van der Waals surface area contributed by atoms with Crippen molar-refractivity contribution in [2.45, 2.75) is 20.5 Å². The minimum Gasteiger partial charge on any atom is -0.489 e. The Labute approximate surface area is 202 Å². The molecule has 1 heterocycles. The lowest BCUT2D eigenvalue weighted by Crippen LogP contribution is -2.23. The zero-order valence-electron chi connectivity index (χ0n) is 19.3. The number of hydrogen-bond acceptors (Lipinski definition) is 6. The normalized spacial score (nSPS) is 11.5. The fourth-order valence-electron chi connectivity index (χ4n) is 3.65. The Morgan fingerprint density at radius 2 is 1.76 bits per heavy atom. The monoisotopic (exact) mass is 477 g/mol. The van der Waals surface area contributed by atoms with Crippen LogP contribution in [0.1, 0.15) is 27.8 Å². The van der Waals surface area contributed by atoms with Gasteiger partial charge in [-0.1, -0.05) is 41.0 Å². The first-order valence-electron chi connectivity index (χ1n) is 10.6. The van der Waals surface area contributed by atoms with Gasteiger partial charge in [0.05, 0.1) is 5.69 Å². The van der Waals surface area contributed by atoms with E-state index in [2.05, 4.69) is 15.6 Å². The summed E-state index contributed by atoms with van der Waals surface area (Å²) in [5, 5.41) is 12.6. The molecule has 8 nitrogen and oxygen atoms in total. The zero-order chi connectivity index (χ0) is 24.2. The molecule has 1 aromatic heterocycles. The second-order valence-electron chi connectivity index (χ2n) is 7.77. The molecule has 0 saturated carbocycles. The number of rotatable bonds is 7. The maximum absolute atomic E-state index is 12.4. The van der Waals surface area contributed by atoms with Crippen molar-refractivity contribution in [1.82, 2.24) is 19.8 Å². The molecule has 0 aliphatic rings. The second-order valence-corrected chi connectivity index (χ2v) is 8.21. The highest BCUT2D eigenvalue weighted by molar-refractivity contribution is 6.31. The highest BCUT2D eigenvalue weighted by Gasteiger charge is 2.15. The number of halogens is 1. The van der Waals surface area contributed by atoms with Crippen LogP contribution < -0.4 is 10.4 Å². The smallest absolute Gasteiger partial charge is 0.368 e. The summed E-state index contributed by atoms with van der Waals surface area (Å²) in [6.07, 6.45) is 0. The maximum atomic E-state index is 12.4. The third kappa shape index (κ3) is 4.72. The van der Waals surface area contributed by atoms with Gasteiger partial charge in [0.2, 0.25) is 0 Å². The van der Waals surface area contributed by atoms with Crippen LogP contribution in [0.2, 0.25) is 5.02 Å². The van der Waals surface area contributed by atoms with Crippen LogP contribution in [0, 0.1) is 13.8 Å². The molecule has 0 bridgehead atoms. The van der Waals surface area contributed by atoms with Gasteiger partial charge in [0, 0.05) is 28.8 Å². The van der Waals surface area contributed by atoms with Gasteiger partial charge in [0.1, 0.15) is 25.2 Å². The summed E-state index contributed by atoms with van der Waals surface area (Å²) in [6, 6.07) is 18.9. The van der Waals surface area contributed by atoms with E-state index in [-0.39, 0.29) is 12.3 Å². The number of ether oxygens (including phenoxy) is 1. The van der Waals surface area contributed by atoms with Gasteiger partial charge in [-0.05, 0) is 71.8 Å². The Morgan fingerprint density at radius 3 is 2.44 bits per heavy atom. The van der Waals surface area contributed by atoms with Gasteiger partial charge in [-0.2, -0.15) is 9.36 Å². The zero-order valence-corrected chi connectivity index (χ0v) is 20.1. The van der Waals surface area contributed by atoms with E-state index in [1.807, 2.05) is 74.5 Å². The molecule has 0 saturated heterocycles. The van der Waals surface area contributed by atoms with Gasteiger partial charge in [-0.25, -0.2) is 4.79 Å². The molecule has 0 N–H and O–H groups in total. The average molecular weight is 478 g/mol. The maximum Gasteiger partial charge on any atom is 0.368 e. The number of hydrogen-bond donors (Lipinski definition) is 0. The predicted molar refractivity (Wildman–Crippen MR) is 131 cm³/mol. The van der Waals surface area contributed by atoms with Crippen molar-refractivity contribution in [1.29, 1.82) is 0 Å². The van der Waals surface area contributed by atoms with E-state index in [0.29, 0.717) is 22.2 Å². The quantitative estimate of drug-likeness (QED) is 0.294. The van der Waals surface area contributed by atoms with Crippen LogP contribution in [0.4, 0.5) is 0 Å². The standard InChI is InChI=1S/C25H24ClN5O3/c1-16-7-5-10-22(31-25(32)30(3)28-29-31)21(16)15-34-23-12-11-19(13-17(23)2)24(27-33-4)18-8-6-9-20(26)14-18/h5-14H,15H2,1-4H3/b27-24+. The van der Waals surface area contributed by atoms with Crippen LogP contribution in [0.3, 0.4) is 0 Å². The van der Waals surface area contributed by atoms with Gasteiger partial charge in [-0.15, -0.1) is 0 Å². The number of nitrogens with zero attached hydrogens (tertiary/aromatic N) is 5. The number of oxime groups is 1. The Hall–Kier alpha value is -3.91. The van der Waals surface area contributed by atoms with Crippen molar-refractivity contribution in [3.63, 3.8) is 0 Å². The highest BCUT2D eigenvalue weighted by Crippen LogP contribution is 2.25. The summed E-state index contributed by atoms with van der Waals surface area (Å²) in [5.41, 5.74) is 5.48. The van der Waals surface area contributed by atoms with Crippen LogP contribution in [-0.2, 0) is 18.5 Å². The van der Waals surface area contributed by atoms with Crippen LogP contribution in [0.5, 0.6) is 5.75 Å². The largest absolute Gasteiger partial charge is 0.489 e. The van der Waals surface area contributed by atoms with E-state index in [4.69, 9.17) is 21.2 Å². The average Bonchev–Trinajstić information content (AvgIpc) is 3.15. The Kier molecular flexibility index (Phi) is 6.79. The van der Waals surface area contributed by atoms with Crippen molar-refractivity contribution in [2.75, 3.05) is 7.11 Å². The number of aryl methyl sites for hydroxylation is 3. The van der Waals surface area contributed by atoms with E-state index in [1.54, 1.807) is 7.05 Å². The Bertz CT molecular complexity index is 1420. The van der Waals surface area contributed by atoms with Crippen molar-refractivity contribution in [3.8, 4) is 11.4 Å². The first kappa shape index (κ1) is 23.3. The summed E-state index contributed by atoms with van der Waals surface area (Å²) >= 11 is 6.17. The highest BCUT2D eigenvalue weighted by atomic mass is 35.5. The lowest BCUT2D eigenvalue weighted by Gasteiger charge is -2.15. The van der Waals surface area contributed by atoms with E-state index in [0.717, 1.165) is 27.8 Å². The first-order chi connectivity index (χ1) is 16.4. The summed E-state index contributed by atoms with van der Waals surface area (Å²) in [6.45, 7) is 4.20. The Balaban J connectivity index is 1.62. The predicted octanol–water partition coefficient (Wildman–Crippen LogP) is 4.21. The molecule has 34 heavy (non-hydrogen) atoms. The molecule has 0 fully saturated rings. The molecule has 0 unspecified atom stereocenters. The lowest BCUT2D eigenvalue weighted by atomic mass is 10.0. The summed E-state index contributed by atoms with van der Waals surface area (Å²) in [7, 11) is 3.07. The van der Waals surface area contributed by atoms with Gasteiger partial charge in [0.15, 0.2) is 0 Å². The van der Waals surface area contributed by atoms with Crippen molar-refractivity contribution in [3.05, 3.63) is 104 Å². The molecule has 0 aliphatic carbocycles. The third-order valence-corrected chi connectivity index (χ3v) is 5.67. The van der Waals surface area contributed by atoms with Gasteiger partial charge < -0.3 is 9.57 Å². The van der Waals surface area contributed by atoms with Crippen LogP contribution in [0.15, 0.2) is 70.6 Å². The van der Waals surface area contributed by atoms with E-state index >= 15 is 0 Å². The van der Waals surface area contributed by atoms with Gasteiger partial charge in [0.25, 0.3) is 0 Å². The summed E-state index contributed by atoms with van der Waals surface area (Å²) < 4.78 is 8.64. The van der Waals surface area contributed by atoms with E-state index in [9.17, 15) is 4.79 Å². The molecule has 4 aromatic rings. The topological polar surface area (TPSA) is 83.5 Å². The minimum atomic E-state index is -0.321. The van der Waals surface area contributed by atoms with Crippen molar-refractivity contribution in [2.24, 2.45) is 12.2 Å². The van der Waals surface area contributed by atoms with Crippen LogP contribution >= 0.6 is 11.6 Å². The summed E-state index contributed by atoms with van der Waals surface area (Å²) in [5.74, 6) is 0.715. The second kappa shape index (κ2) is 9.93. The SMILES string of the molecule is CO/N=C(\c1cccc(Cl)c1)c1ccc(OCc2c(C)cccc2-n2nnn(C)c2=O)c(C)c1. The molecule has 0 spiro atoms. The summed E-state index contributed by atoms with van der Waals surface area (Å²) in [4.78, 5) is 17.5. The molecular weight excluding hydrogens is 454 g/mol. The fourth-order valence-corrected chi connectivity index (χ4v) is 3.84. The third-order valence-electron chi connectivity index (χ3n) is 5.44. The molecular formula is C25H24ClN5O3. The van der Waals surface area contributed by atoms with E-state index < -0.39 is 0 Å². The molecule has 0 aliphatic heterocycles. The minimum absolute atomic E-state index is 0.262.